The van der Waals surface area contributed by atoms with Crippen LogP contribution in [0.5, 0.6) is 5.75 Å². The van der Waals surface area contributed by atoms with E-state index < -0.39 is 24.0 Å². The fraction of sp³-hybridized carbons (Fsp3) is 0.500. The summed E-state index contributed by atoms with van der Waals surface area (Å²) in [4.78, 5) is 0. The van der Waals surface area contributed by atoms with Gasteiger partial charge in [-0.1, -0.05) is 11.5 Å². The number of hydrogen-bond donors (Lipinski definition) is 0. The summed E-state index contributed by atoms with van der Waals surface area (Å²) < 4.78 is 61.7. The molecule has 0 bridgehead atoms. The van der Waals surface area contributed by atoms with Crippen molar-refractivity contribution in [2.75, 3.05) is 19.8 Å². The molecular formula is C12H14BF4KO2. The Kier molecular flexibility index (Phi) is 7.51. The first-order valence-corrected chi connectivity index (χ1v) is 6.17. The number of ether oxygens (including phenoxy) is 2. The van der Waals surface area contributed by atoms with Gasteiger partial charge in [0, 0.05) is 19.3 Å². The summed E-state index contributed by atoms with van der Waals surface area (Å²) in [7, 11) is 0. The summed E-state index contributed by atoms with van der Waals surface area (Å²) in [6, 6.07) is 2.32. The summed E-state index contributed by atoms with van der Waals surface area (Å²) in [5, 5.41) is 0. The van der Waals surface area contributed by atoms with Crippen LogP contribution in [0.3, 0.4) is 0 Å². The van der Waals surface area contributed by atoms with E-state index in [2.05, 4.69) is 0 Å². The summed E-state index contributed by atoms with van der Waals surface area (Å²) in [5.41, 5.74) is -0.881. The van der Waals surface area contributed by atoms with E-state index in [0.29, 0.717) is 13.2 Å². The number of benzene rings is 1. The maximum Gasteiger partial charge on any atom is 1.00 e. The Morgan fingerprint density at radius 1 is 1.20 bits per heavy atom. The van der Waals surface area contributed by atoms with Gasteiger partial charge in [-0.15, -0.1) is 0 Å². The Bertz CT molecular complexity index is 436. The van der Waals surface area contributed by atoms with E-state index in [1.165, 1.54) is 0 Å². The van der Waals surface area contributed by atoms with Gasteiger partial charge in [-0.05, 0) is 24.8 Å². The average Bonchev–Trinajstić information content (AvgIpc) is 2.36. The van der Waals surface area contributed by atoms with Crippen LogP contribution in [0, 0.1) is 11.7 Å². The number of halogens is 4. The monoisotopic (exact) mass is 316 g/mol. The minimum absolute atomic E-state index is 0. The first-order chi connectivity index (χ1) is 8.97. The molecule has 0 saturated carbocycles. The molecule has 106 valence electrons. The molecule has 1 aromatic rings. The van der Waals surface area contributed by atoms with Crippen molar-refractivity contribution in [3.05, 3.63) is 24.0 Å². The SMILES string of the molecule is Fc1ccc([B-](F)(F)F)c(OCC2CCOCC2)c1.[K+]. The van der Waals surface area contributed by atoms with Gasteiger partial charge in [-0.3, -0.25) is 0 Å². The predicted molar refractivity (Wildman–Crippen MR) is 64.2 cm³/mol. The smallest absolute Gasteiger partial charge is 0.496 e. The molecule has 0 spiro atoms. The van der Waals surface area contributed by atoms with E-state index >= 15 is 0 Å². The third-order valence-electron chi connectivity index (χ3n) is 3.14. The van der Waals surface area contributed by atoms with E-state index in [9.17, 15) is 17.3 Å². The van der Waals surface area contributed by atoms with E-state index in [1.807, 2.05) is 0 Å². The van der Waals surface area contributed by atoms with Gasteiger partial charge in [0.1, 0.15) is 5.82 Å². The van der Waals surface area contributed by atoms with Crippen LogP contribution in [-0.2, 0) is 4.74 Å². The molecular weight excluding hydrogens is 302 g/mol. The summed E-state index contributed by atoms with van der Waals surface area (Å²) >= 11 is 0. The Morgan fingerprint density at radius 2 is 1.85 bits per heavy atom. The topological polar surface area (TPSA) is 18.5 Å². The molecule has 1 aliphatic rings. The molecule has 1 aromatic carbocycles. The van der Waals surface area contributed by atoms with Gasteiger partial charge in [0.15, 0.2) is 0 Å². The van der Waals surface area contributed by atoms with Gasteiger partial charge >= 0.3 is 58.4 Å². The van der Waals surface area contributed by atoms with Crippen molar-refractivity contribution in [3.8, 4) is 5.75 Å². The van der Waals surface area contributed by atoms with Crippen molar-refractivity contribution >= 4 is 12.4 Å². The normalized spacial score (nSPS) is 16.6. The maximum atomic E-state index is 13.0. The van der Waals surface area contributed by atoms with Gasteiger partial charge in [0.05, 0.1) is 12.4 Å². The summed E-state index contributed by atoms with van der Waals surface area (Å²) in [5.74, 6) is -0.990. The Morgan fingerprint density at radius 3 is 2.45 bits per heavy atom. The number of rotatable bonds is 4. The zero-order chi connectivity index (χ0) is 13.9. The molecule has 1 saturated heterocycles. The molecule has 2 nitrogen and oxygen atoms in total. The van der Waals surface area contributed by atoms with Crippen molar-refractivity contribution in [3.63, 3.8) is 0 Å². The Balaban J connectivity index is 0.00000200. The molecule has 1 aliphatic heterocycles. The second kappa shape index (κ2) is 8.14. The third-order valence-corrected chi connectivity index (χ3v) is 3.14. The van der Waals surface area contributed by atoms with Gasteiger partial charge in [0.25, 0.3) is 0 Å². The van der Waals surface area contributed by atoms with Crippen LogP contribution in [0.1, 0.15) is 12.8 Å². The molecule has 20 heavy (non-hydrogen) atoms. The average molecular weight is 316 g/mol. The van der Waals surface area contributed by atoms with Gasteiger partial charge in [-0.25, -0.2) is 4.39 Å². The fourth-order valence-electron chi connectivity index (χ4n) is 2.02. The van der Waals surface area contributed by atoms with Crippen LogP contribution < -0.4 is 61.6 Å². The molecule has 0 unspecified atom stereocenters. The van der Waals surface area contributed by atoms with Crippen molar-refractivity contribution in [1.29, 1.82) is 0 Å². The Labute approximate surface area is 157 Å². The molecule has 1 heterocycles. The largest absolute Gasteiger partial charge is 1.00 e. The van der Waals surface area contributed by atoms with Gasteiger partial charge in [-0.2, -0.15) is 0 Å². The third kappa shape index (κ3) is 5.31. The molecule has 2 rings (SSSR count). The van der Waals surface area contributed by atoms with Crippen molar-refractivity contribution < 1.29 is 78.2 Å². The first kappa shape index (κ1) is 18.5. The zero-order valence-corrected chi connectivity index (χ0v) is 14.4. The summed E-state index contributed by atoms with van der Waals surface area (Å²) in [6.07, 6.45) is 1.50. The fourth-order valence-corrected chi connectivity index (χ4v) is 2.02. The van der Waals surface area contributed by atoms with E-state index in [0.717, 1.165) is 31.0 Å². The summed E-state index contributed by atoms with van der Waals surface area (Å²) in [6.45, 7) is -3.86. The van der Waals surface area contributed by atoms with Crippen molar-refractivity contribution in [2.24, 2.45) is 5.92 Å². The van der Waals surface area contributed by atoms with Crippen LogP contribution in [0.4, 0.5) is 17.3 Å². The molecule has 0 N–H and O–H groups in total. The molecule has 0 atom stereocenters. The minimum Gasteiger partial charge on any atom is -0.496 e. The molecule has 1 fully saturated rings. The zero-order valence-electron chi connectivity index (χ0n) is 11.3. The van der Waals surface area contributed by atoms with Crippen LogP contribution in [0.15, 0.2) is 18.2 Å². The maximum absolute atomic E-state index is 13.0. The van der Waals surface area contributed by atoms with Gasteiger partial charge < -0.3 is 22.4 Å². The van der Waals surface area contributed by atoms with E-state index in [4.69, 9.17) is 9.47 Å². The van der Waals surface area contributed by atoms with E-state index in [-0.39, 0.29) is 63.9 Å². The standard InChI is InChI=1S/C12H14BF4O2.K/c14-10-1-2-11(13(15,16)17)12(7-10)19-8-9-3-5-18-6-4-9;/h1-2,7,9H,3-6,8H2;/q-1;+1. The molecule has 0 aliphatic carbocycles. The quantitative estimate of drug-likeness (QED) is 0.560. The van der Waals surface area contributed by atoms with E-state index in [1.54, 1.807) is 0 Å². The van der Waals surface area contributed by atoms with Crippen LogP contribution in [-0.4, -0.2) is 26.8 Å². The second-order valence-corrected chi connectivity index (χ2v) is 4.62. The van der Waals surface area contributed by atoms with Crippen LogP contribution >= 0.6 is 0 Å². The second-order valence-electron chi connectivity index (χ2n) is 4.62. The van der Waals surface area contributed by atoms with Crippen molar-refractivity contribution in [1.82, 2.24) is 0 Å². The minimum atomic E-state index is -5.20. The molecule has 0 radical (unpaired) electrons. The Hall–Kier alpha value is 0.401. The van der Waals surface area contributed by atoms with Crippen LogP contribution in [0.25, 0.3) is 0 Å². The van der Waals surface area contributed by atoms with Crippen LogP contribution in [0.2, 0.25) is 0 Å². The van der Waals surface area contributed by atoms with Gasteiger partial charge in [0.2, 0.25) is 0 Å². The molecule has 0 aromatic heterocycles. The predicted octanol–water partition coefficient (Wildman–Crippen LogP) is -0.310. The molecule has 0 amide bonds. The number of hydrogen-bond acceptors (Lipinski definition) is 2. The van der Waals surface area contributed by atoms with Crippen molar-refractivity contribution in [2.45, 2.75) is 12.8 Å². The first-order valence-electron chi connectivity index (χ1n) is 6.17. The molecule has 8 heteroatoms.